The third kappa shape index (κ3) is 4.39. The SMILES string of the molecule is Oc1nc(-n2cccn2)ncc1NC(=S)NC(c1ccccc1)c1ccccc1. The molecule has 4 rings (SSSR count). The molecular formula is C21H18N6OS. The van der Waals surface area contributed by atoms with E-state index in [1.54, 1.807) is 18.5 Å². The van der Waals surface area contributed by atoms with Crippen LogP contribution in [-0.2, 0) is 0 Å². The fourth-order valence-corrected chi connectivity index (χ4v) is 3.12. The maximum absolute atomic E-state index is 10.3. The van der Waals surface area contributed by atoms with Crippen LogP contribution in [0.25, 0.3) is 5.95 Å². The molecule has 0 spiro atoms. The fraction of sp³-hybridized carbons (Fsp3) is 0.0476. The van der Waals surface area contributed by atoms with Crippen molar-refractivity contribution in [1.82, 2.24) is 25.1 Å². The smallest absolute Gasteiger partial charge is 0.253 e. The Morgan fingerprint density at radius 3 is 2.17 bits per heavy atom. The van der Waals surface area contributed by atoms with Crippen molar-refractivity contribution >= 4 is 23.0 Å². The molecule has 0 unspecified atom stereocenters. The normalized spacial score (nSPS) is 10.7. The number of thiocarbonyl (C=S) groups is 1. The molecule has 0 aliphatic carbocycles. The van der Waals surface area contributed by atoms with Crippen LogP contribution in [0.15, 0.2) is 85.3 Å². The summed E-state index contributed by atoms with van der Waals surface area (Å²) in [4.78, 5) is 8.27. The summed E-state index contributed by atoms with van der Waals surface area (Å²) in [5.41, 5.74) is 2.44. The zero-order chi connectivity index (χ0) is 20.1. The summed E-state index contributed by atoms with van der Waals surface area (Å²) in [5, 5.41) is 20.9. The van der Waals surface area contributed by atoms with E-state index < -0.39 is 0 Å². The van der Waals surface area contributed by atoms with Gasteiger partial charge in [0.2, 0.25) is 5.88 Å². The van der Waals surface area contributed by atoms with Crippen LogP contribution in [0.1, 0.15) is 17.2 Å². The van der Waals surface area contributed by atoms with Crippen molar-refractivity contribution in [2.24, 2.45) is 0 Å². The first-order chi connectivity index (χ1) is 14.2. The number of rotatable bonds is 5. The topological polar surface area (TPSA) is 87.9 Å². The van der Waals surface area contributed by atoms with Crippen molar-refractivity contribution in [1.29, 1.82) is 0 Å². The van der Waals surface area contributed by atoms with E-state index in [-0.39, 0.29) is 17.9 Å². The molecule has 0 radical (unpaired) electrons. The molecule has 0 aliphatic heterocycles. The second-order valence-corrected chi connectivity index (χ2v) is 6.62. The van der Waals surface area contributed by atoms with Crippen LogP contribution in [0.5, 0.6) is 5.88 Å². The van der Waals surface area contributed by atoms with Crippen LogP contribution >= 0.6 is 12.2 Å². The molecule has 0 fully saturated rings. The molecule has 2 aromatic carbocycles. The monoisotopic (exact) mass is 402 g/mol. The quantitative estimate of drug-likeness (QED) is 0.441. The van der Waals surface area contributed by atoms with E-state index in [1.165, 1.54) is 10.9 Å². The van der Waals surface area contributed by atoms with Gasteiger partial charge >= 0.3 is 0 Å². The lowest BCUT2D eigenvalue weighted by molar-refractivity contribution is 0.452. The predicted octanol–water partition coefficient (Wildman–Crippen LogP) is 3.44. The van der Waals surface area contributed by atoms with Gasteiger partial charge in [0.25, 0.3) is 5.95 Å². The van der Waals surface area contributed by atoms with Gasteiger partial charge in [0.15, 0.2) is 5.11 Å². The zero-order valence-electron chi connectivity index (χ0n) is 15.3. The van der Waals surface area contributed by atoms with E-state index >= 15 is 0 Å². The van der Waals surface area contributed by atoms with Gasteiger partial charge in [-0.2, -0.15) is 10.1 Å². The minimum absolute atomic E-state index is 0.149. The van der Waals surface area contributed by atoms with Crippen molar-refractivity contribution < 1.29 is 5.11 Å². The summed E-state index contributed by atoms with van der Waals surface area (Å²) >= 11 is 5.48. The molecule has 0 saturated heterocycles. The van der Waals surface area contributed by atoms with E-state index in [0.29, 0.717) is 10.8 Å². The molecule has 0 atom stereocenters. The Kier molecular flexibility index (Phi) is 5.44. The minimum atomic E-state index is -0.217. The summed E-state index contributed by atoms with van der Waals surface area (Å²) in [6.07, 6.45) is 4.77. The van der Waals surface area contributed by atoms with Crippen LogP contribution in [-0.4, -0.2) is 30.0 Å². The number of aromatic hydroxyl groups is 1. The van der Waals surface area contributed by atoms with Crippen molar-refractivity contribution in [2.45, 2.75) is 6.04 Å². The molecule has 3 N–H and O–H groups in total. The van der Waals surface area contributed by atoms with Crippen molar-refractivity contribution in [2.75, 3.05) is 5.32 Å². The van der Waals surface area contributed by atoms with Gasteiger partial charge in [-0.1, -0.05) is 60.7 Å². The van der Waals surface area contributed by atoms with Gasteiger partial charge in [0, 0.05) is 12.4 Å². The first-order valence-electron chi connectivity index (χ1n) is 8.94. The Labute approximate surface area is 173 Å². The largest absolute Gasteiger partial charge is 0.492 e. The molecule has 0 saturated carbocycles. The zero-order valence-corrected chi connectivity index (χ0v) is 16.1. The molecule has 2 aromatic heterocycles. The number of hydrogen-bond acceptors (Lipinski definition) is 5. The third-order valence-electron chi connectivity index (χ3n) is 4.25. The van der Waals surface area contributed by atoms with Crippen molar-refractivity contribution in [3.05, 3.63) is 96.4 Å². The number of benzene rings is 2. The molecule has 29 heavy (non-hydrogen) atoms. The van der Waals surface area contributed by atoms with Crippen LogP contribution < -0.4 is 10.6 Å². The number of anilines is 1. The van der Waals surface area contributed by atoms with Gasteiger partial charge in [0.05, 0.1) is 12.2 Å². The predicted molar refractivity (Wildman–Crippen MR) is 115 cm³/mol. The summed E-state index contributed by atoms with van der Waals surface area (Å²) in [5.74, 6) is 0.0500. The third-order valence-corrected chi connectivity index (χ3v) is 4.47. The Morgan fingerprint density at radius 2 is 1.62 bits per heavy atom. The molecule has 7 nitrogen and oxygen atoms in total. The van der Waals surface area contributed by atoms with E-state index in [9.17, 15) is 5.11 Å². The molecule has 0 bridgehead atoms. The number of hydrogen-bond donors (Lipinski definition) is 3. The Balaban J connectivity index is 1.53. The number of aromatic nitrogens is 4. The van der Waals surface area contributed by atoms with Crippen molar-refractivity contribution in [3.8, 4) is 11.8 Å². The van der Waals surface area contributed by atoms with E-state index in [2.05, 4.69) is 25.7 Å². The summed E-state index contributed by atoms with van der Waals surface area (Å²) < 4.78 is 1.46. The summed E-state index contributed by atoms with van der Waals surface area (Å²) in [6.45, 7) is 0. The van der Waals surface area contributed by atoms with E-state index in [0.717, 1.165) is 11.1 Å². The van der Waals surface area contributed by atoms with Gasteiger partial charge in [-0.25, -0.2) is 9.67 Å². The lowest BCUT2D eigenvalue weighted by atomic mass is 9.99. The molecule has 0 amide bonds. The van der Waals surface area contributed by atoms with Gasteiger partial charge < -0.3 is 15.7 Å². The Bertz CT molecular complexity index is 1050. The van der Waals surface area contributed by atoms with E-state index in [1.807, 2.05) is 60.7 Å². The summed E-state index contributed by atoms with van der Waals surface area (Å²) in [6, 6.07) is 21.6. The van der Waals surface area contributed by atoms with Crippen LogP contribution in [0.2, 0.25) is 0 Å². The molecule has 0 aliphatic rings. The fourth-order valence-electron chi connectivity index (χ4n) is 2.89. The average Bonchev–Trinajstić information content (AvgIpc) is 3.30. The molecule has 144 valence electrons. The lowest BCUT2D eigenvalue weighted by Gasteiger charge is -2.22. The Morgan fingerprint density at radius 1 is 0.966 bits per heavy atom. The average molecular weight is 402 g/mol. The van der Waals surface area contributed by atoms with Crippen molar-refractivity contribution in [3.63, 3.8) is 0 Å². The standard InChI is InChI=1S/C21H18N6OS/c28-19-17(14-22-20(26-19)27-13-7-12-23-27)24-21(29)25-18(15-8-3-1-4-9-15)16-10-5-2-6-11-16/h1-14,18H,(H,22,26,28)(H2,24,25,29). The minimum Gasteiger partial charge on any atom is -0.492 e. The van der Waals surface area contributed by atoms with Gasteiger partial charge in [0.1, 0.15) is 5.69 Å². The van der Waals surface area contributed by atoms with Gasteiger partial charge in [-0.15, -0.1) is 0 Å². The maximum atomic E-state index is 10.3. The summed E-state index contributed by atoms with van der Waals surface area (Å²) in [7, 11) is 0. The molecule has 2 heterocycles. The highest BCUT2D eigenvalue weighted by molar-refractivity contribution is 7.80. The van der Waals surface area contributed by atoms with Crippen LogP contribution in [0.3, 0.4) is 0 Å². The van der Waals surface area contributed by atoms with Crippen LogP contribution in [0.4, 0.5) is 5.69 Å². The van der Waals surface area contributed by atoms with Crippen LogP contribution in [0, 0.1) is 0 Å². The first kappa shape index (κ1) is 18.6. The maximum Gasteiger partial charge on any atom is 0.253 e. The highest BCUT2D eigenvalue weighted by atomic mass is 32.1. The number of nitrogens with zero attached hydrogens (tertiary/aromatic N) is 4. The van der Waals surface area contributed by atoms with Gasteiger partial charge in [-0.3, -0.25) is 0 Å². The highest BCUT2D eigenvalue weighted by Crippen LogP contribution is 2.23. The second-order valence-electron chi connectivity index (χ2n) is 6.21. The van der Waals surface area contributed by atoms with E-state index in [4.69, 9.17) is 12.2 Å². The van der Waals surface area contributed by atoms with Gasteiger partial charge in [-0.05, 0) is 29.4 Å². The first-order valence-corrected chi connectivity index (χ1v) is 9.35. The Hall–Kier alpha value is -3.78. The lowest BCUT2D eigenvalue weighted by Crippen LogP contribution is -2.33. The molecule has 4 aromatic rings. The molecule has 8 heteroatoms. The number of nitrogens with one attached hydrogen (secondary N) is 2. The molecular weight excluding hydrogens is 384 g/mol. The highest BCUT2D eigenvalue weighted by Gasteiger charge is 2.16. The second kappa shape index (κ2) is 8.49.